The summed E-state index contributed by atoms with van der Waals surface area (Å²) in [5.41, 5.74) is 0.720. The molecule has 5 heteroatoms. The van der Waals surface area contributed by atoms with E-state index in [0.29, 0.717) is 6.54 Å². The highest BCUT2D eigenvalue weighted by molar-refractivity contribution is 5.68. The fourth-order valence-corrected chi connectivity index (χ4v) is 4.25. The molecule has 2 fully saturated rings. The number of morpholine rings is 1. The lowest BCUT2D eigenvalue weighted by Gasteiger charge is -2.45. The largest absolute Gasteiger partial charge is 0.444 e. The number of carbonyl (C=O) groups excluding carboxylic acids is 1. The number of ether oxygens (including phenoxy) is 2. The van der Waals surface area contributed by atoms with Crippen molar-refractivity contribution < 1.29 is 14.3 Å². The summed E-state index contributed by atoms with van der Waals surface area (Å²) >= 11 is 0. The van der Waals surface area contributed by atoms with Gasteiger partial charge in [-0.3, -0.25) is 4.90 Å². The average Bonchev–Trinajstić information content (AvgIpc) is 2.76. The molecule has 2 aliphatic heterocycles. The topological polar surface area (TPSA) is 42.0 Å². The van der Waals surface area contributed by atoms with E-state index in [9.17, 15) is 4.79 Å². The van der Waals surface area contributed by atoms with Crippen LogP contribution in [0.25, 0.3) is 0 Å². The van der Waals surface area contributed by atoms with Crippen molar-refractivity contribution in [3.05, 3.63) is 35.9 Å². The molecule has 0 unspecified atom stereocenters. The normalized spacial score (nSPS) is 27.4. The Kier molecular flexibility index (Phi) is 6.11. The average molecular weight is 375 g/mol. The summed E-state index contributed by atoms with van der Waals surface area (Å²) in [5.74, 6) is 0. The minimum Gasteiger partial charge on any atom is -0.444 e. The van der Waals surface area contributed by atoms with E-state index in [2.05, 4.69) is 42.2 Å². The van der Waals surface area contributed by atoms with E-state index in [0.717, 1.165) is 45.4 Å². The molecule has 2 saturated heterocycles. The van der Waals surface area contributed by atoms with Gasteiger partial charge in [0.25, 0.3) is 0 Å². The van der Waals surface area contributed by atoms with Gasteiger partial charge in [0.1, 0.15) is 5.60 Å². The molecule has 0 bridgehead atoms. The molecule has 0 N–H and O–H groups in total. The van der Waals surface area contributed by atoms with E-state index in [-0.39, 0.29) is 17.8 Å². The van der Waals surface area contributed by atoms with Crippen molar-refractivity contribution in [2.45, 2.75) is 70.8 Å². The summed E-state index contributed by atoms with van der Waals surface area (Å²) in [7, 11) is 0. The van der Waals surface area contributed by atoms with Crippen molar-refractivity contribution in [2.24, 2.45) is 0 Å². The number of likely N-dealkylation sites (tertiary alicyclic amines) is 1. The fraction of sp³-hybridized carbons (Fsp3) is 0.682. The summed E-state index contributed by atoms with van der Waals surface area (Å²) in [4.78, 5) is 16.8. The van der Waals surface area contributed by atoms with Crippen LogP contribution in [0.4, 0.5) is 4.79 Å². The first-order valence-electron chi connectivity index (χ1n) is 10.2. The third kappa shape index (κ3) is 5.69. The van der Waals surface area contributed by atoms with Crippen LogP contribution in [0, 0.1) is 0 Å². The van der Waals surface area contributed by atoms with E-state index < -0.39 is 5.60 Å². The van der Waals surface area contributed by atoms with E-state index in [1.165, 1.54) is 5.56 Å². The summed E-state index contributed by atoms with van der Waals surface area (Å²) in [6.45, 7) is 12.2. The zero-order chi connectivity index (χ0) is 19.5. The minimum absolute atomic E-state index is 0.163. The number of hydrogen-bond acceptors (Lipinski definition) is 4. The Labute approximate surface area is 163 Å². The van der Waals surface area contributed by atoms with E-state index >= 15 is 0 Å². The molecule has 150 valence electrons. The lowest BCUT2D eigenvalue weighted by Crippen LogP contribution is -2.55. The summed E-state index contributed by atoms with van der Waals surface area (Å²) in [5, 5.41) is 0. The fourth-order valence-electron chi connectivity index (χ4n) is 4.25. The summed E-state index contributed by atoms with van der Waals surface area (Å²) in [6.07, 6.45) is 2.80. The van der Waals surface area contributed by atoms with Crippen molar-refractivity contribution in [1.82, 2.24) is 9.80 Å². The molecule has 2 aliphatic rings. The van der Waals surface area contributed by atoms with Gasteiger partial charge >= 0.3 is 6.09 Å². The van der Waals surface area contributed by atoms with Gasteiger partial charge in [0.05, 0.1) is 11.7 Å². The number of benzene rings is 1. The van der Waals surface area contributed by atoms with Gasteiger partial charge in [-0.25, -0.2) is 4.79 Å². The molecule has 1 aromatic carbocycles. The SMILES string of the molecule is C[C@H]1CN(Cc2ccccc2)C[C@@]2(CCCN(C(=O)OC(C)(C)C)CC2)O1. The highest BCUT2D eigenvalue weighted by Crippen LogP contribution is 2.33. The molecule has 0 aromatic heterocycles. The Morgan fingerprint density at radius 1 is 1.22 bits per heavy atom. The van der Waals surface area contributed by atoms with Gasteiger partial charge in [0.2, 0.25) is 0 Å². The first-order chi connectivity index (χ1) is 12.7. The maximum absolute atomic E-state index is 12.5. The van der Waals surface area contributed by atoms with Gasteiger partial charge < -0.3 is 14.4 Å². The number of hydrogen-bond donors (Lipinski definition) is 0. The lowest BCUT2D eigenvalue weighted by atomic mass is 9.91. The molecule has 1 aromatic rings. The third-order valence-electron chi connectivity index (χ3n) is 5.28. The maximum atomic E-state index is 12.5. The van der Waals surface area contributed by atoms with Gasteiger partial charge in [0.15, 0.2) is 0 Å². The van der Waals surface area contributed by atoms with Gasteiger partial charge in [-0.1, -0.05) is 30.3 Å². The van der Waals surface area contributed by atoms with Gasteiger partial charge in [-0.15, -0.1) is 0 Å². The van der Waals surface area contributed by atoms with Gasteiger partial charge in [0, 0.05) is 32.7 Å². The van der Waals surface area contributed by atoms with Crippen molar-refractivity contribution >= 4 is 6.09 Å². The first-order valence-corrected chi connectivity index (χ1v) is 10.2. The molecule has 2 heterocycles. The second-order valence-corrected chi connectivity index (χ2v) is 9.09. The van der Waals surface area contributed by atoms with Crippen LogP contribution in [-0.2, 0) is 16.0 Å². The predicted molar refractivity (Wildman–Crippen MR) is 107 cm³/mol. The smallest absolute Gasteiger partial charge is 0.410 e. The molecule has 2 atom stereocenters. The van der Waals surface area contributed by atoms with Crippen LogP contribution >= 0.6 is 0 Å². The Bertz CT molecular complexity index is 628. The second-order valence-electron chi connectivity index (χ2n) is 9.09. The quantitative estimate of drug-likeness (QED) is 0.783. The summed E-state index contributed by atoms with van der Waals surface area (Å²) < 4.78 is 12.0. The van der Waals surface area contributed by atoms with Crippen LogP contribution in [0.3, 0.4) is 0 Å². The van der Waals surface area contributed by atoms with Crippen LogP contribution in [-0.4, -0.2) is 59.4 Å². The maximum Gasteiger partial charge on any atom is 0.410 e. The highest BCUT2D eigenvalue weighted by atomic mass is 16.6. The zero-order valence-electron chi connectivity index (χ0n) is 17.2. The van der Waals surface area contributed by atoms with E-state index in [1.54, 1.807) is 0 Å². The number of rotatable bonds is 2. The lowest BCUT2D eigenvalue weighted by molar-refractivity contribution is -0.156. The third-order valence-corrected chi connectivity index (χ3v) is 5.28. The van der Waals surface area contributed by atoms with Gasteiger partial charge in [-0.2, -0.15) is 0 Å². The van der Waals surface area contributed by atoms with Crippen LogP contribution in [0.1, 0.15) is 52.5 Å². The van der Waals surface area contributed by atoms with Crippen molar-refractivity contribution in [1.29, 1.82) is 0 Å². The molecule has 27 heavy (non-hydrogen) atoms. The predicted octanol–water partition coefficient (Wildman–Crippen LogP) is 4.07. The standard InChI is InChI=1S/C22H34N2O3/c1-18-15-23(16-19-9-6-5-7-10-19)17-22(26-18)11-8-13-24(14-12-22)20(25)27-21(2,3)4/h5-7,9-10,18H,8,11-17H2,1-4H3/t18-,22-/m0/s1. The van der Waals surface area contributed by atoms with Crippen molar-refractivity contribution in [2.75, 3.05) is 26.2 Å². The van der Waals surface area contributed by atoms with Crippen LogP contribution in [0.2, 0.25) is 0 Å². The van der Waals surface area contributed by atoms with E-state index in [1.807, 2.05) is 25.7 Å². The van der Waals surface area contributed by atoms with E-state index in [4.69, 9.17) is 9.47 Å². The number of amides is 1. The van der Waals surface area contributed by atoms with Gasteiger partial charge in [-0.05, 0) is 52.5 Å². The number of carbonyl (C=O) groups is 1. The molecular formula is C22H34N2O3. The van der Waals surface area contributed by atoms with Crippen molar-refractivity contribution in [3.63, 3.8) is 0 Å². The molecule has 3 rings (SSSR count). The first kappa shape index (κ1) is 20.2. The molecule has 0 saturated carbocycles. The summed E-state index contributed by atoms with van der Waals surface area (Å²) in [6, 6.07) is 10.6. The zero-order valence-corrected chi connectivity index (χ0v) is 17.2. The molecule has 0 radical (unpaired) electrons. The molecule has 5 nitrogen and oxygen atoms in total. The molecule has 1 spiro atoms. The monoisotopic (exact) mass is 374 g/mol. The Morgan fingerprint density at radius 2 is 1.96 bits per heavy atom. The Morgan fingerprint density at radius 3 is 2.67 bits per heavy atom. The second kappa shape index (κ2) is 8.19. The van der Waals surface area contributed by atoms with Crippen LogP contribution in [0.5, 0.6) is 0 Å². The Hall–Kier alpha value is -1.59. The van der Waals surface area contributed by atoms with Crippen molar-refractivity contribution in [3.8, 4) is 0 Å². The molecular weight excluding hydrogens is 340 g/mol. The molecule has 0 aliphatic carbocycles. The molecule has 1 amide bonds. The minimum atomic E-state index is -0.455. The Balaban J connectivity index is 1.63. The van der Waals surface area contributed by atoms with Crippen LogP contribution < -0.4 is 0 Å². The van der Waals surface area contributed by atoms with Crippen LogP contribution in [0.15, 0.2) is 30.3 Å². The number of nitrogens with zero attached hydrogens (tertiary/aromatic N) is 2. The highest BCUT2D eigenvalue weighted by Gasteiger charge is 2.41.